The topological polar surface area (TPSA) is 79.6 Å². The average molecular weight is 434 g/mol. The van der Waals surface area contributed by atoms with Gasteiger partial charge in [-0.1, -0.05) is 31.3 Å². The van der Waals surface area contributed by atoms with E-state index in [2.05, 4.69) is 9.88 Å². The standard InChI is InChI=1S/C20H20F2N4O3S/c1-3-24(4-2)8-9-25(19(27)13-6-5-7-15(10-13)26(28)29)20-23-18-16(22)11-14(21)12-17(18)30-20/h5-7,10-12H,3-4,8-9H2,1-2H3. The highest BCUT2D eigenvalue weighted by molar-refractivity contribution is 7.22. The van der Waals surface area contributed by atoms with E-state index in [1.165, 1.54) is 35.2 Å². The number of nitrogens with zero attached hydrogens (tertiary/aromatic N) is 4. The van der Waals surface area contributed by atoms with Crippen molar-refractivity contribution in [3.63, 3.8) is 0 Å². The fourth-order valence-corrected chi connectivity index (χ4v) is 4.06. The van der Waals surface area contributed by atoms with Gasteiger partial charge in [-0.25, -0.2) is 13.8 Å². The number of nitro benzene ring substituents is 1. The molecule has 10 heteroatoms. The van der Waals surface area contributed by atoms with Crippen molar-refractivity contribution in [1.82, 2.24) is 9.88 Å². The fraction of sp³-hybridized carbons (Fsp3) is 0.300. The van der Waals surface area contributed by atoms with Crippen molar-refractivity contribution in [2.45, 2.75) is 13.8 Å². The minimum Gasteiger partial charge on any atom is -0.302 e. The van der Waals surface area contributed by atoms with Crippen LogP contribution in [0.1, 0.15) is 24.2 Å². The number of nitro groups is 1. The molecule has 0 aliphatic carbocycles. The van der Waals surface area contributed by atoms with Crippen molar-refractivity contribution < 1.29 is 18.5 Å². The Labute approximate surface area is 175 Å². The Balaban J connectivity index is 2.02. The van der Waals surface area contributed by atoms with Crippen LogP contribution >= 0.6 is 11.3 Å². The summed E-state index contributed by atoms with van der Waals surface area (Å²) < 4.78 is 28.0. The van der Waals surface area contributed by atoms with Crippen molar-refractivity contribution in [3.05, 3.63) is 63.7 Å². The molecule has 0 unspecified atom stereocenters. The normalized spacial score (nSPS) is 11.2. The number of amides is 1. The molecule has 1 aromatic heterocycles. The largest absolute Gasteiger partial charge is 0.302 e. The van der Waals surface area contributed by atoms with Gasteiger partial charge in [0.05, 0.1) is 9.62 Å². The third-order valence-electron chi connectivity index (χ3n) is 4.72. The molecule has 1 heterocycles. The van der Waals surface area contributed by atoms with Gasteiger partial charge >= 0.3 is 0 Å². The van der Waals surface area contributed by atoms with Gasteiger partial charge in [0.25, 0.3) is 11.6 Å². The summed E-state index contributed by atoms with van der Waals surface area (Å²) in [5, 5.41) is 11.3. The first-order valence-corrected chi connectivity index (χ1v) is 10.2. The summed E-state index contributed by atoms with van der Waals surface area (Å²) in [7, 11) is 0. The molecule has 3 rings (SSSR count). The van der Waals surface area contributed by atoms with Crippen molar-refractivity contribution in [3.8, 4) is 0 Å². The fourth-order valence-electron chi connectivity index (χ4n) is 3.03. The minimum absolute atomic E-state index is 0.0175. The SMILES string of the molecule is CCN(CC)CCN(C(=O)c1cccc([N+](=O)[O-])c1)c1nc2c(F)cc(F)cc2s1. The number of thiazole rings is 1. The highest BCUT2D eigenvalue weighted by Gasteiger charge is 2.24. The van der Waals surface area contributed by atoms with Crippen molar-refractivity contribution in [2.24, 2.45) is 0 Å². The lowest BCUT2D eigenvalue weighted by Crippen LogP contribution is -2.38. The molecule has 7 nitrogen and oxygen atoms in total. The summed E-state index contributed by atoms with van der Waals surface area (Å²) in [4.78, 5) is 31.4. The molecule has 0 fully saturated rings. The van der Waals surface area contributed by atoms with Gasteiger partial charge in [0.15, 0.2) is 10.9 Å². The molecule has 3 aromatic rings. The van der Waals surface area contributed by atoms with Crippen LogP contribution in [-0.4, -0.2) is 46.9 Å². The number of carbonyl (C=O) groups is 1. The highest BCUT2D eigenvalue weighted by Crippen LogP contribution is 2.32. The molecule has 1 amide bonds. The molecule has 0 saturated carbocycles. The highest BCUT2D eigenvalue weighted by atomic mass is 32.1. The van der Waals surface area contributed by atoms with Crippen LogP contribution in [0, 0.1) is 21.7 Å². The third-order valence-corrected chi connectivity index (χ3v) is 5.74. The molecule has 0 radical (unpaired) electrons. The summed E-state index contributed by atoms with van der Waals surface area (Å²) in [5.41, 5.74) is -0.104. The molecule has 158 valence electrons. The van der Waals surface area contributed by atoms with Crippen molar-refractivity contribution in [2.75, 3.05) is 31.1 Å². The number of hydrogen-bond donors (Lipinski definition) is 0. The van der Waals surface area contributed by atoms with E-state index < -0.39 is 22.5 Å². The molecule has 0 aliphatic heterocycles. The first-order chi connectivity index (χ1) is 14.3. The zero-order valence-electron chi connectivity index (χ0n) is 16.5. The number of halogens is 2. The summed E-state index contributed by atoms with van der Waals surface area (Å²) in [5.74, 6) is -2.03. The van der Waals surface area contributed by atoms with Crippen LogP contribution in [0.25, 0.3) is 10.2 Å². The predicted octanol–water partition coefficient (Wildman–Crippen LogP) is 4.47. The Hall–Kier alpha value is -2.98. The second-order valence-electron chi connectivity index (χ2n) is 6.52. The lowest BCUT2D eigenvalue weighted by molar-refractivity contribution is -0.384. The molecule has 0 aliphatic rings. The van der Waals surface area contributed by atoms with Crippen LogP contribution in [0.5, 0.6) is 0 Å². The van der Waals surface area contributed by atoms with Gasteiger partial charge in [-0.2, -0.15) is 0 Å². The molecule has 0 bridgehead atoms. The molecular formula is C20H20F2N4O3S. The van der Waals surface area contributed by atoms with Gasteiger partial charge in [0, 0.05) is 36.9 Å². The van der Waals surface area contributed by atoms with E-state index in [1.54, 1.807) is 0 Å². The van der Waals surface area contributed by atoms with Crippen LogP contribution < -0.4 is 4.90 Å². The van der Waals surface area contributed by atoms with Gasteiger partial charge in [0.2, 0.25) is 0 Å². The zero-order valence-corrected chi connectivity index (χ0v) is 17.3. The van der Waals surface area contributed by atoms with Crippen LogP contribution in [0.15, 0.2) is 36.4 Å². The van der Waals surface area contributed by atoms with Gasteiger partial charge in [0.1, 0.15) is 11.3 Å². The number of non-ortho nitro benzene ring substituents is 1. The van der Waals surface area contributed by atoms with E-state index in [0.29, 0.717) is 6.54 Å². The van der Waals surface area contributed by atoms with Crippen molar-refractivity contribution >= 4 is 38.3 Å². The number of carbonyl (C=O) groups excluding carboxylic acids is 1. The van der Waals surface area contributed by atoms with E-state index in [0.717, 1.165) is 30.5 Å². The number of hydrogen-bond acceptors (Lipinski definition) is 6. The van der Waals surface area contributed by atoms with E-state index >= 15 is 0 Å². The Bertz CT molecular complexity index is 1090. The first-order valence-electron chi connectivity index (χ1n) is 9.38. The van der Waals surface area contributed by atoms with Gasteiger partial charge in [-0.3, -0.25) is 19.8 Å². The third kappa shape index (κ3) is 4.60. The number of fused-ring (bicyclic) bond motifs is 1. The quantitative estimate of drug-likeness (QED) is 0.386. The summed E-state index contributed by atoms with van der Waals surface area (Å²) in [6.45, 7) is 6.30. The first kappa shape index (κ1) is 21.7. The second kappa shape index (κ2) is 9.23. The van der Waals surface area contributed by atoms with Crippen LogP contribution in [-0.2, 0) is 0 Å². The van der Waals surface area contributed by atoms with Gasteiger partial charge in [-0.05, 0) is 25.2 Å². The summed E-state index contributed by atoms with van der Waals surface area (Å²) in [6.07, 6.45) is 0. The molecular weight excluding hydrogens is 414 g/mol. The molecule has 0 N–H and O–H groups in total. The molecule has 0 spiro atoms. The van der Waals surface area contributed by atoms with Crippen LogP contribution in [0.2, 0.25) is 0 Å². The van der Waals surface area contributed by atoms with Crippen LogP contribution in [0.4, 0.5) is 19.6 Å². The minimum atomic E-state index is -0.806. The number of benzene rings is 2. The lowest BCUT2D eigenvalue weighted by Gasteiger charge is -2.24. The lowest BCUT2D eigenvalue weighted by atomic mass is 10.2. The van der Waals surface area contributed by atoms with E-state index in [-0.39, 0.29) is 33.1 Å². The van der Waals surface area contributed by atoms with Gasteiger partial charge < -0.3 is 4.90 Å². The summed E-state index contributed by atoms with van der Waals surface area (Å²) >= 11 is 0.996. The van der Waals surface area contributed by atoms with E-state index in [9.17, 15) is 23.7 Å². The zero-order chi connectivity index (χ0) is 21.8. The number of rotatable bonds is 8. The van der Waals surface area contributed by atoms with E-state index in [1.807, 2.05) is 13.8 Å². The molecule has 0 atom stereocenters. The average Bonchev–Trinajstić information content (AvgIpc) is 3.15. The maximum atomic E-state index is 14.1. The monoisotopic (exact) mass is 434 g/mol. The maximum absolute atomic E-state index is 14.1. The van der Waals surface area contributed by atoms with Crippen molar-refractivity contribution in [1.29, 1.82) is 0 Å². The number of anilines is 1. The molecule has 30 heavy (non-hydrogen) atoms. The van der Waals surface area contributed by atoms with E-state index in [4.69, 9.17) is 0 Å². The molecule has 0 saturated heterocycles. The number of aromatic nitrogens is 1. The van der Waals surface area contributed by atoms with Crippen LogP contribution in [0.3, 0.4) is 0 Å². The predicted molar refractivity (Wildman–Crippen MR) is 112 cm³/mol. The Morgan fingerprint density at radius 1 is 1.17 bits per heavy atom. The Morgan fingerprint density at radius 3 is 2.57 bits per heavy atom. The summed E-state index contributed by atoms with van der Waals surface area (Å²) in [6, 6.07) is 7.32. The Kier molecular flexibility index (Phi) is 6.68. The Morgan fingerprint density at radius 2 is 1.90 bits per heavy atom. The maximum Gasteiger partial charge on any atom is 0.270 e. The second-order valence-corrected chi connectivity index (χ2v) is 7.53. The van der Waals surface area contributed by atoms with Gasteiger partial charge in [-0.15, -0.1) is 0 Å². The molecule has 2 aromatic carbocycles. The smallest absolute Gasteiger partial charge is 0.270 e. The number of likely N-dealkylation sites (N-methyl/N-ethyl adjacent to an activating group) is 1.